The Labute approximate surface area is 199 Å². The van der Waals surface area contributed by atoms with E-state index in [1.807, 2.05) is 47.8 Å². The smallest absolute Gasteiger partial charge is 0.287 e. The lowest BCUT2D eigenvalue weighted by atomic mass is 10.2. The van der Waals surface area contributed by atoms with Gasteiger partial charge in [-0.3, -0.25) is 19.8 Å². The van der Waals surface area contributed by atoms with Crippen LogP contribution in [0.15, 0.2) is 78.4 Å². The van der Waals surface area contributed by atoms with Crippen molar-refractivity contribution in [3.05, 3.63) is 93.4 Å². The summed E-state index contributed by atoms with van der Waals surface area (Å²) in [5, 5.41) is 18.9. The summed E-state index contributed by atoms with van der Waals surface area (Å²) in [4.78, 5) is 38.8. The van der Waals surface area contributed by atoms with Gasteiger partial charge in [0.05, 0.1) is 17.0 Å². The lowest BCUT2D eigenvalue weighted by Gasteiger charge is -2.22. The number of anilines is 4. The fourth-order valence-electron chi connectivity index (χ4n) is 3.14. The van der Waals surface area contributed by atoms with Crippen molar-refractivity contribution in [1.29, 1.82) is 0 Å². The maximum atomic E-state index is 13.2. The number of rotatable bonds is 10. The van der Waals surface area contributed by atoms with Crippen molar-refractivity contribution in [1.82, 2.24) is 15.0 Å². The number of carbonyl (C=O) groups is 1. The molecule has 4 aromatic rings. The monoisotopic (exact) mass is 475 g/mol. The molecule has 10 nitrogen and oxygen atoms in total. The second-order valence-electron chi connectivity index (χ2n) is 7.07. The van der Waals surface area contributed by atoms with Crippen LogP contribution in [0.5, 0.6) is 0 Å². The van der Waals surface area contributed by atoms with E-state index in [2.05, 4.69) is 25.6 Å². The molecule has 172 valence electrons. The SMILES string of the molecule is O=C(Cc1cccs1)N(c1ccccc1)c1ccnc(NCCNc2ccc([N+](=O)[O-])cn2)n1. The predicted molar refractivity (Wildman–Crippen MR) is 132 cm³/mol. The van der Waals surface area contributed by atoms with Crippen LogP contribution in [0.2, 0.25) is 0 Å². The molecule has 0 unspecified atom stereocenters. The van der Waals surface area contributed by atoms with Crippen molar-refractivity contribution < 1.29 is 9.72 Å². The van der Waals surface area contributed by atoms with Gasteiger partial charge in [-0.15, -0.1) is 11.3 Å². The summed E-state index contributed by atoms with van der Waals surface area (Å²) in [6, 6.07) is 17.9. The third kappa shape index (κ3) is 5.90. The van der Waals surface area contributed by atoms with Gasteiger partial charge in [-0.1, -0.05) is 24.3 Å². The molecule has 2 N–H and O–H groups in total. The van der Waals surface area contributed by atoms with Crippen LogP contribution >= 0.6 is 11.3 Å². The average Bonchev–Trinajstić information content (AvgIpc) is 3.36. The fourth-order valence-corrected chi connectivity index (χ4v) is 3.84. The highest BCUT2D eigenvalue weighted by Gasteiger charge is 2.20. The van der Waals surface area contributed by atoms with Crippen LogP contribution in [0.4, 0.5) is 29.0 Å². The van der Waals surface area contributed by atoms with E-state index < -0.39 is 4.92 Å². The molecule has 0 aliphatic heterocycles. The van der Waals surface area contributed by atoms with Gasteiger partial charge in [0.1, 0.15) is 17.8 Å². The standard InChI is InChI=1S/C23H21N7O3S/c31-22(15-19-7-4-14-34-19)29(17-5-2-1-3-6-17)21-10-11-25-23(28-21)26-13-12-24-20-9-8-18(16-27-20)30(32)33/h1-11,14,16H,12-13,15H2,(H,24,27)(H,25,26,28). The van der Waals surface area contributed by atoms with Gasteiger partial charge < -0.3 is 10.6 Å². The summed E-state index contributed by atoms with van der Waals surface area (Å²) in [6.45, 7) is 0.953. The number of pyridine rings is 1. The Morgan fingerprint density at radius 1 is 1.00 bits per heavy atom. The van der Waals surface area contributed by atoms with Crippen LogP contribution < -0.4 is 15.5 Å². The van der Waals surface area contributed by atoms with Gasteiger partial charge in [0.25, 0.3) is 5.69 Å². The van der Waals surface area contributed by atoms with E-state index in [0.717, 1.165) is 10.6 Å². The van der Waals surface area contributed by atoms with Crippen molar-refractivity contribution in [2.45, 2.75) is 6.42 Å². The topological polar surface area (TPSA) is 126 Å². The Morgan fingerprint density at radius 2 is 1.82 bits per heavy atom. The molecule has 3 aromatic heterocycles. The van der Waals surface area contributed by atoms with Gasteiger partial charge in [0.2, 0.25) is 11.9 Å². The fraction of sp³-hybridized carbons (Fsp3) is 0.130. The molecule has 11 heteroatoms. The van der Waals surface area contributed by atoms with Gasteiger partial charge in [0, 0.05) is 36.3 Å². The molecule has 0 saturated carbocycles. The van der Waals surface area contributed by atoms with Gasteiger partial charge in [-0.25, -0.2) is 9.97 Å². The number of benzene rings is 1. The van der Waals surface area contributed by atoms with Crippen LogP contribution in [-0.4, -0.2) is 38.9 Å². The summed E-state index contributed by atoms with van der Waals surface area (Å²) in [7, 11) is 0. The van der Waals surface area contributed by atoms with E-state index >= 15 is 0 Å². The minimum atomic E-state index is -0.493. The number of aromatic nitrogens is 3. The van der Waals surface area contributed by atoms with Crippen molar-refractivity contribution in [2.24, 2.45) is 0 Å². The Bertz CT molecular complexity index is 1240. The lowest BCUT2D eigenvalue weighted by molar-refractivity contribution is -0.385. The largest absolute Gasteiger partial charge is 0.368 e. The number of nitrogens with zero attached hydrogens (tertiary/aromatic N) is 5. The predicted octanol–water partition coefficient (Wildman–Crippen LogP) is 4.27. The molecule has 0 aliphatic rings. The summed E-state index contributed by atoms with van der Waals surface area (Å²) in [5.41, 5.74) is 0.658. The van der Waals surface area contributed by atoms with Gasteiger partial charge in [-0.05, 0) is 29.6 Å². The first-order chi connectivity index (χ1) is 16.6. The number of hydrogen-bond acceptors (Lipinski definition) is 9. The highest BCUT2D eigenvalue weighted by Crippen LogP contribution is 2.25. The zero-order valence-electron chi connectivity index (χ0n) is 18.0. The molecule has 1 aromatic carbocycles. The molecular weight excluding hydrogens is 454 g/mol. The van der Waals surface area contributed by atoms with Gasteiger partial charge in [-0.2, -0.15) is 4.98 Å². The van der Waals surface area contributed by atoms with E-state index in [4.69, 9.17) is 0 Å². The number of nitrogens with one attached hydrogen (secondary N) is 2. The maximum Gasteiger partial charge on any atom is 0.287 e. The molecule has 0 bridgehead atoms. The Hall–Kier alpha value is -4.38. The minimum Gasteiger partial charge on any atom is -0.368 e. The molecule has 3 heterocycles. The Morgan fingerprint density at radius 3 is 2.53 bits per heavy atom. The van der Waals surface area contributed by atoms with Gasteiger partial charge in [0.15, 0.2) is 0 Å². The minimum absolute atomic E-state index is 0.0644. The van der Waals surface area contributed by atoms with Crippen molar-refractivity contribution in [2.75, 3.05) is 28.6 Å². The highest BCUT2D eigenvalue weighted by atomic mass is 32.1. The van der Waals surface area contributed by atoms with E-state index in [1.165, 1.54) is 23.6 Å². The maximum absolute atomic E-state index is 13.2. The second kappa shape index (κ2) is 11.0. The van der Waals surface area contributed by atoms with Crippen LogP contribution in [0, 0.1) is 10.1 Å². The van der Waals surface area contributed by atoms with Crippen LogP contribution in [0.3, 0.4) is 0 Å². The summed E-state index contributed by atoms with van der Waals surface area (Å²) < 4.78 is 0. The normalized spacial score (nSPS) is 10.5. The average molecular weight is 476 g/mol. The summed E-state index contributed by atoms with van der Waals surface area (Å²) in [6.07, 6.45) is 3.07. The van der Waals surface area contributed by atoms with Crippen molar-refractivity contribution >= 4 is 46.2 Å². The number of para-hydroxylation sites is 1. The summed E-state index contributed by atoms with van der Waals surface area (Å²) in [5.74, 6) is 1.27. The molecule has 0 radical (unpaired) electrons. The molecule has 0 saturated heterocycles. The zero-order valence-corrected chi connectivity index (χ0v) is 18.8. The first kappa shape index (κ1) is 22.8. The van der Waals surface area contributed by atoms with Gasteiger partial charge >= 0.3 is 0 Å². The molecule has 0 atom stereocenters. The zero-order chi connectivity index (χ0) is 23.8. The Balaban J connectivity index is 1.42. The number of nitro groups is 1. The molecular formula is C23H21N7O3S. The number of hydrogen-bond donors (Lipinski definition) is 2. The molecule has 0 fully saturated rings. The lowest BCUT2D eigenvalue weighted by Crippen LogP contribution is -2.28. The summed E-state index contributed by atoms with van der Waals surface area (Å²) >= 11 is 1.54. The van der Waals surface area contributed by atoms with Crippen LogP contribution in [0.1, 0.15) is 4.88 Å². The molecule has 4 rings (SSSR count). The molecule has 1 amide bonds. The van der Waals surface area contributed by atoms with E-state index in [-0.39, 0.29) is 18.0 Å². The van der Waals surface area contributed by atoms with E-state index in [0.29, 0.717) is 30.7 Å². The first-order valence-corrected chi connectivity index (χ1v) is 11.3. The second-order valence-corrected chi connectivity index (χ2v) is 8.10. The quantitative estimate of drug-likeness (QED) is 0.198. The Kier molecular flexibility index (Phi) is 7.35. The van der Waals surface area contributed by atoms with E-state index in [9.17, 15) is 14.9 Å². The van der Waals surface area contributed by atoms with Crippen molar-refractivity contribution in [3.8, 4) is 0 Å². The van der Waals surface area contributed by atoms with Crippen LogP contribution in [0.25, 0.3) is 0 Å². The third-order valence-electron chi connectivity index (χ3n) is 4.71. The molecule has 0 aliphatic carbocycles. The van der Waals surface area contributed by atoms with Crippen molar-refractivity contribution in [3.63, 3.8) is 0 Å². The van der Waals surface area contributed by atoms with Crippen LogP contribution in [-0.2, 0) is 11.2 Å². The third-order valence-corrected chi connectivity index (χ3v) is 5.59. The first-order valence-electron chi connectivity index (χ1n) is 10.4. The molecule has 34 heavy (non-hydrogen) atoms. The number of thiophene rings is 1. The molecule has 0 spiro atoms. The number of amides is 1. The highest BCUT2D eigenvalue weighted by molar-refractivity contribution is 7.10. The van der Waals surface area contributed by atoms with E-state index in [1.54, 1.807) is 23.2 Å². The number of carbonyl (C=O) groups excluding carboxylic acids is 1.